The molecule has 17 heavy (non-hydrogen) atoms. The fraction of sp³-hybridized carbons (Fsp3) is 0.250. The molecule has 0 bridgehead atoms. The lowest BCUT2D eigenvalue weighted by Crippen LogP contribution is -2.15. The van der Waals surface area contributed by atoms with Crippen LogP contribution in [0.25, 0.3) is 0 Å². The van der Waals surface area contributed by atoms with Crippen molar-refractivity contribution in [3.8, 4) is 0 Å². The fourth-order valence-electron chi connectivity index (χ4n) is 1.91. The number of carbonyl (C=O) groups excluding carboxylic acids is 3. The van der Waals surface area contributed by atoms with Gasteiger partial charge in [-0.3, -0.25) is 9.59 Å². The zero-order chi connectivity index (χ0) is 12.7. The normalized spacial score (nSPS) is 14.4. The van der Waals surface area contributed by atoms with Gasteiger partial charge in [0, 0.05) is 5.57 Å². The summed E-state index contributed by atoms with van der Waals surface area (Å²) >= 11 is 0. The van der Waals surface area contributed by atoms with Crippen LogP contribution in [0, 0.1) is 6.92 Å². The molecule has 0 saturated heterocycles. The van der Waals surface area contributed by atoms with Crippen LogP contribution in [-0.4, -0.2) is 29.6 Å². The van der Waals surface area contributed by atoms with E-state index in [9.17, 15) is 14.4 Å². The molecule has 0 unspecified atom stereocenters. The van der Waals surface area contributed by atoms with Gasteiger partial charge in [-0.05, 0) is 25.5 Å². The molecule has 5 nitrogen and oxygen atoms in total. The predicted molar refractivity (Wildman–Crippen MR) is 59.3 cm³/mol. The largest absolute Gasteiger partial charge is 0.464 e. The van der Waals surface area contributed by atoms with E-state index in [0.29, 0.717) is 11.1 Å². The molecule has 0 fully saturated rings. The minimum absolute atomic E-state index is 0.155. The van der Waals surface area contributed by atoms with Crippen LogP contribution in [0.2, 0.25) is 0 Å². The molecule has 5 heteroatoms. The van der Waals surface area contributed by atoms with E-state index < -0.39 is 5.97 Å². The zero-order valence-electron chi connectivity index (χ0n) is 9.71. The highest BCUT2D eigenvalue weighted by Crippen LogP contribution is 2.26. The second-order valence-corrected chi connectivity index (χ2v) is 3.89. The molecule has 0 atom stereocenters. The van der Waals surface area contributed by atoms with E-state index in [1.807, 2.05) is 0 Å². The second-order valence-electron chi connectivity index (χ2n) is 3.89. The highest BCUT2D eigenvalue weighted by Gasteiger charge is 2.30. The van der Waals surface area contributed by atoms with E-state index in [4.69, 9.17) is 0 Å². The van der Waals surface area contributed by atoms with Gasteiger partial charge in [0.25, 0.3) is 0 Å². The number of aromatic nitrogens is 1. The number of nitrogens with one attached hydrogen (secondary N) is 1. The van der Waals surface area contributed by atoms with Gasteiger partial charge in [-0.2, -0.15) is 0 Å². The number of rotatable bonds is 1. The first-order valence-corrected chi connectivity index (χ1v) is 5.05. The summed E-state index contributed by atoms with van der Waals surface area (Å²) in [7, 11) is 1.24. The minimum Gasteiger partial charge on any atom is -0.464 e. The van der Waals surface area contributed by atoms with Gasteiger partial charge in [0.05, 0.1) is 18.4 Å². The molecule has 1 heterocycles. The lowest BCUT2D eigenvalue weighted by molar-refractivity contribution is 0.0594. The third-order valence-electron chi connectivity index (χ3n) is 2.82. The number of carbonyl (C=O) groups is 3. The number of ether oxygens (including phenoxy) is 1. The first-order chi connectivity index (χ1) is 7.97. The Morgan fingerprint density at radius 2 is 1.94 bits per heavy atom. The van der Waals surface area contributed by atoms with Crippen LogP contribution in [0.4, 0.5) is 0 Å². The highest BCUT2D eigenvalue weighted by atomic mass is 16.5. The molecule has 1 aliphatic rings. The van der Waals surface area contributed by atoms with Crippen molar-refractivity contribution in [1.82, 2.24) is 4.98 Å². The fourth-order valence-corrected chi connectivity index (χ4v) is 1.91. The monoisotopic (exact) mass is 233 g/mol. The van der Waals surface area contributed by atoms with Gasteiger partial charge in [0.2, 0.25) is 5.78 Å². The second kappa shape index (κ2) is 3.69. The Kier molecular flexibility index (Phi) is 2.46. The number of esters is 1. The first-order valence-electron chi connectivity index (χ1n) is 5.05. The smallest absolute Gasteiger partial charge is 0.354 e. The standard InChI is InChI=1S/C12H11NO4/c1-5-4-7(14)8-6(2)9(12(16)17-3)13-10(8)11(5)15/h4,13H,1-3H3. The van der Waals surface area contributed by atoms with Crippen LogP contribution < -0.4 is 0 Å². The molecule has 1 aromatic heterocycles. The number of ketones is 2. The molecular weight excluding hydrogens is 222 g/mol. The van der Waals surface area contributed by atoms with E-state index in [-0.39, 0.29) is 28.5 Å². The number of hydrogen-bond acceptors (Lipinski definition) is 4. The summed E-state index contributed by atoms with van der Waals surface area (Å²) in [5.41, 5.74) is 1.41. The molecule has 0 saturated carbocycles. The lowest BCUT2D eigenvalue weighted by Gasteiger charge is -2.07. The third-order valence-corrected chi connectivity index (χ3v) is 2.82. The molecule has 0 spiro atoms. The van der Waals surface area contributed by atoms with Crippen molar-refractivity contribution in [1.29, 1.82) is 0 Å². The Morgan fingerprint density at radius 1 is 1.29 bits per heavy atom. The number of aromatic amines is 1. The Hall–Kier alpha value is -2.17. The van der Waals surface area contributed by atoms with Crippen LogP contribution in [-0.2, 0) is 4.74 Å². The number of H-pyrrole nitrogens is 1. The van der Waals surface area contributed by atoms with E-state index in [1.54, 1.807) is 13.8 Å². The van der Waals surface area contributed by atoms with E-state index in [1.165, 1.54) is 13.2 Å². The van der Waals surface area contributed by atoms with Crippen molar-refractivity contribution in [2.75, 3.05) is 7.11 Å². The SMILES string of the molecule is COC(=O)c1[nH]c2c(c1C)C(=O)C=C(C)C2=O. The molecule has 1 N–H and O–H groups in total. The molecular formula is C12H11NO4. The number of hydrogen-bond donors (Lipinski definition) is 1. The van der Waals surface area contributed by atoms with Crippen LogP contribution in [0.3, 0.4) is 0 Å². The van der Waals surface area contributed by atoms with Gasteiger partial charge < -0.3 is 9.72 Å². The summed E-state index contributed by atoms with van der Waals surface area (Å²) in [6.45, 7) is 3.18. The highest BCUT2D eigenvalue weighted by molar-refractivity contribution is 6.25. The molecule has 1 aromatic rings. The zero-order valence-corrected chi connectivity index (χ0v) is 9.71. The maximum atomic E-state index is 11.8. The summed E-state index contributed by atoms with van der Waals surface area (Å²) in [6, 6.07) is 0. The van der Waals surface area contributed by atoms with Crippen LogP contribution >= 0.6 is 0 Å². The first kappa shape index (κ1) is 11.3. The number of Topliss-reactive ketones (excluding diaryl/α,β-unsaturated/α-hetero) is 1. The van der Waals surface area contributed by atoms with Crippen molar-refractivity contribution in [2.45, 2.75) is 13.8 Å². The van der Waals surface area contributed by atoms with Crippen molar-refractivity contribution in [3.05, 3.63) is 34.2 Å². The van der Waals surface area contributed by atoms with Crippen molar-refractivity contribution >= 4 is 17.5 Å². The van der Waals surface area contributed by atoms with Crippen LogP contribution in [0.15, 0.2) is 11.6 Å². The molecule has 0 amide bonds. The number of methoxy groups -OCH3 is 1. The molecule has 2 rings (SSSR count). The summed E-state index contributed by atoms with van der Waals surface area (Å²) in [6.07, 6.45) is 1.28. The number of allylic oxidation sites excluding steroid dienone is 2. The van der Waals surface area contributed by atoms with E-state index in [0.717, 1.165) is 0 Å². The van der Waals surface area contributed by atoms with Crippen LogP contribution in [0.5, 0.6) is 0 Å². The average Bonchev–Trinajstić information content (AvgIpc) is 2.64. The van der Waals surface area contributed by atoms with E-state index in [2.05, 4.69) is 9.72 Å². The van der Waals surface area contributed by atoms with Crippen molar-refractivity contribution in [2.24, 2.45) is 0 Å². The van der Waals surface area contributed by atoms with Gasteiger partial charge in [0.15, 0.2) is 5.78 Å². The summed E-state index contributed by atoms with van der Waals surface area (Å²) < 4.78 is 4.58. The quantitative estimate of drug-likeness (QED) is 0.744. The lowest BCUT2D eigenvalue weighted by atomic mass is 9.94. The van der Waals surface area contributed by atoms with Gasteiger partial charge >= 0.3 is 5.97 Å². The van der Waals surface area contributed by atoms with E-state index >= 15 is 0 Å². The van der Waals surface area contributed by atoms with Crippen molar-refractivity contribution in [3.63, 3.8) is 0 Å². The maximum Gasteiger partial charge on any atom is 0.354 e. The Labute approximate surface area is 97.5 Å². The average molecular weight is 233 g/mol. The summed E-state index contributed by atoms with van der Waals surface area (Å²) in [4.78, 5) is 37.8. The molecule has 0 radical (unpaired) electrons. The van der Waals surface area contributed by atoms with Gasteiger partial charge in [-0.15, -0.1) is 0 Å². The molecule has 0 aromatic carbocycles. The van der Waals surface area contributed by atoms with Crippen LogP contribution in [0.1, 0.15) is 43.8 Å². The number of fused-ring (bicyclic) bond motifs is 1. The molecule has 88 valence electrons. The minimum atomic E-state index is -0.588. The van der Waals surface area contributed by atoms with Gasteiger partial charge in [0.1, 0.15) is 5.69 Å². The van der Waals surface area contributed by atoms with Gasteiger partial charge in [-0.25, -0.2) is 4.79 Å². The molecule has 1 aliphatic carbocycles. The Bertz CT molecular complexity index is 578. The summed E-state index contributed by atoms with van der Waals surface area (Å²) in [5.74, 6) is -1.12. The topological polar surface area (TPSA) is 76.2 Å². The Balaban J connectivity index is 2.66. The maximum absolute atomic E-state index is 11.8. The third kappa shape index (κ3) is 1.51. The summed E-state index contributed by atoms with van der Waals surface area (Å²) in [5, 5.41) is 0. The van der Waals surface area contributed by atoms with Crippen molar-refractivity contribution < 1.29 is 19.1 Å². The molecule has 0 aliphatic heterocycles. The van der Waals surface area contributed by atoms with Gasteiger partial charge in [-0.1, -0.05) is 0 Å². The predicted octanol–water partition coefficient (Wildman–Crippen LogP) is 1.44. The Morgan fingerprint density at radius 3 is 2.53 bits per heavy atom.